The Hall–Kier alpha value is -3.75. The van der Waals surface area contributed by atoms with E-state index in [1.165, 1.54) is 0 Å². The van der Waals surface area contributed by atoms with E-state index in [9.17, 15) is 13.2 Å². The predicted octanol–water partition coefficient (Wildman–Crippen LogP) is 4.04. The second-order valence-corrected chi connectivity index (χ2v) is 9.40. The van der Waals surface area contributed by atoms with E-state index in [0.29, 0.717) is 5.56 Å². The molecule has 1 heterocycles. The molecule has 3 N–H and O–H groups in total. The maximum absolute atomic E-state index is 12.9. The van der Waals surface area contributed by atoms with E-state index in [1.54, 1.807) is 54.7 Å². The van der Waals surface area contributed by atoms with Crippen LogP contribution in [-0.2, 0) is 14.8 Å². The molecule has 0 fully saturated rings. The first-order valence-electron chi connectivity index (χ1n) is 10.4. The number of aryl methyl sites for hydroxylation is 1. The number of para-hydroxylation sites is 1. The third-order valence-corrected chi connectivity index (χ3v) is 6.72. The quantitative estimate of drug-likeness (QED) is 0.273. The Morgan fingerprint density at radius 2 is 1.70 bits per heavy atom. The van der Waals surface area contributed by atoms with Crippen LogP contribution in [0.1, 0.15) is 29.2 Å². The van der Waals surface area contributed by atoms with Gasteiger partial charge in [-0.3, -0.25) is 4.79 Å². The minimum atomic E-state index is -3.82. The van der Waals surface area contributed by atoms with Crippen molar-refractivity contribution in [1.29, 1.82) is 0 Å². The van der Waals surface area contributed by atoms with Crippen molar-refractivity contribution in [2.24, 2.45) is 5.10 Å². The van der Waals surface area contributed by atoms with E-state index in [1.807, 2.05) is 43.5 Å². The fourth-order valence-electron chi connectivity index (χ4n) is 3.49. The van der Waals surface area contributed by atoms with Crippen molar-refractivity contribution in [3.8, 4) is 0 Å². The molecule has 1 aromatic heterocycles. The molecule has 0 bridgehead atoms. The van der Waals surface area contributed by atoms with Gasteiger partial charge in [-0.15, -0.1) is 0 Å². The first-order chi connectivity index (χ1) is 15.9. The van der Waals surface area contributed by atoms with Crippen molar-refractivity contribution in [1.82, 2.24) is 15.1 Å². The van der Waals surface area contributed by atoms with E-state index >= 15 is 0 Å². The molecule has 7 nitrogen and oxygen atoms in total. The van der Waals surface area contributed by atoms with Crippen molar-refractivity contribution in [2.75, 3.05) is 0 Å². The van der Waals surface area contributed by atoms with Gasteiger partial charge in [0.1, 0.15) is 0 Å². The van der Waals surface area contributed by atoms with Gasteiger partial charge in [-0.05, 0) is 30.7 Å². The number of aromatic nitrogens is 1. The number of nitrogens with one attached hydrogen (secondary N) is 3. The number of aromatic amines is 1. The molecule has 0 aliphatic carbocycles. The minimum Gasteiger partial charge on any atom is -0.361 e. The molecule has 0 spiro atoms. The van der Waals surface area contributed by atoms with Gasteiger partial charge in [0.15, 0.2) is 0 Å². The number of hydrogen-bond donors (Lipinski definition) is 3. The summed E-state index contributed by atoms with van der Waals surface area (Å²) in [5, 5.41) is 5.04. The number of hydrogen-bond acceptors (Lipinski definition) is 4. The smallest absolute Gasteiger partial charge is 0.242 e. The van der Waals surface area contributed by atoms with Crippen LogP contribution in [0.3, 0.4) is 0 Å². The number of amides is 1. The van der Waals surface area contributed by atoms with Gasteiger partial charge in [0.2, 0.25) is 15.9 Å². The monoisotopic (exact) mass is 460 g/mol. The Bertz CT molecular complexity index is 1380. The molecule has 1 amide bonds. The lowest BCUT2D eigenvalue weighted by molar-refractivity contribution is -0.121. The average molecular weight is 461 g/mol. The molecule has 33 heavy (non-hydrogen) atoms. The van der Waals surface area contributed by atoms with Crippen molar-refractivity contribution < 1.29 is 13.2 Å². The Kier molecular flexibility index (Phi) is 6.67. The molecule has 168 valence electrons. The number of carbonyl (C=O) groups excluding carboxylic acids is 1. The molecular weight excluding hydrogens is 436 g/mol. The average Bonchev–Trinajstić information content (AvgIpc) is 3.22. The number of carbonyl (C=O) groups is 1. The first-order valence-corrected chi connectivity index (χ1v) is 11.9. The highest BCUT2D eigenvalue weighted by molar-refractivity contribution is 7.89. The molecule has 1 atom stereocenters. The highest BCUT2D eigenvalue weighted by Gasteiger charge is 2.23. The summed E-state index contributed by atoms with van der Waals surface area (Å²) in [6, 6.07) is 22.6. The van der Waals surface area contributed by atoms with Gasteiger partial charge in [-0.25, -0.2) is 18.6 Å². The Morgan fingerprint density at radius 3 is 2.45 bits per heavy atom. The lowest BCUT2D eigenvalue weighted by Gasteiger charge is -2.18. The fourth-order valence-corrected chi connectivity index (χ4v) is 4.72. The summed E-state index contributed by atoms with van der Waals surface area (Å²) in [6.45, 7) is 1.89. The van der Waals surface area contributed by atoms with Crippen LogP contribution in [0.4, 0.5) is 0 Å². The molecule has 0 unspecified atom stereocenters. The number of benzene rings is 3. The molecule has 8 heteroatoms. The fraction of sp³-hybridized carbons (Fsp3) is 0.120. The van der Waals surface area contributed by atoms with Crippen LogP contribution in [0.5, 0.6) is 0 Å². The molecule has 3 aromatic carbocycles. The van der Waals surface area contributed by atoms with E-state index in [4.69, 9.17) is 0 Å². The van der Waals surface area contributed by atoms with Gasteiger partial charge in [-0.2, -0.15) is 5.10 Å². The Morgan fingerprint density at radius 1 is 1.00 bits per heavy atom. The first kappa shape index (κ1) is 22.4. The van der Waals surface area contributed by atoms with Crippen LogP contribution in [0.25, 0.3) is 10.9 Å². The SMILES string of the molecule is Cc1ccc(S(=O)(=O)N[C@H](CC(=O)N/N=C\c2c[nH]c3ccccc23)c2ccccc2)cc1. The number of fused-ring (bicyclic) bond motifs is 1. The van der Waals surface area contributed by atoms with Crippen LogP contribution in [-0.4, -0.2) is 25.5 Å². The number of hydrazone groups is 1. The molecule has 0 saturated carbocycles. The zero-order chi connectivity index (χ0) is 23.3. The predicted molar refractivity (Wildman–Crippen MR) is 129 cm³/mol. The number of rotatable bonds is 8. The van der Waals surface area contributed by atoms with Crippen LogP contribution in [0.15, 0.2) is 95.1 Å². The lowest BCUT2D eigenvalue weighted by Crippen LogP contribution is -2.32. The normalized spacial score (nSPS) is 12.8. The third kappa shape index (κ3) is 5.54. The second-order valence-electron chi connectivity index (χ2n) is 7.68. The zero-order valence-electron chi connectivity index (χ0n) is 18.0. The topological polar surface area (TPSA) is 103 Å². The molecular formula is C25H24N4O3S. The summed E-state index contributed by atoms with van der Waals surface area (Å²) in [7, 11) is -3.82. The number of nitrogens with zero attached hydrogens (tertiary/aromatic N) is 1. The van der Waals surface area contributed by atoms with Gasteiger partial charge in [0, 0.05) is 29.1 Å². The summed E-state index contributed by atoms with van der Waals surface area (Å²) in [5.41, 5.74) is 5.95. The Labute approximate surface area is 192 Å². The van der Waals surface area contributed by atoms with Gasteiger partial charge in [-0.1, -0.05) is 66.2 Å². The van der Waals surface area contributed by atoms with Gasteiger partial charge in [0.25, 0.3) is 0 Å². The summed E-state index contributed by atoms with van der Waals surface area (Å²) in [4.78, 5) is 15.9. The molecule has 0 aliphatic rings. The van der Waals surface area contributed by atoms with Crippen LogP contribution in [0, 0.1) is 6.92 Å². The highest BCUT2D eigenvalue weighted by atomic mass is 32.2. The molecule has 4 rings (SSSR count). The third-order valence-electron chi connectivity index (χ3n) is 5.23. The van der Waals surface area contributed by atoms with Gasteiger partial charge >= 0.3 is 0 Å². The molecule has 0 radical (unpaired) electrons. The van der Waals surface area contributed by atoms with Crippen LogP contribution in [0.2, 0.25) is 0 Å². The standard InChI is InChI=1S/C25H24N4O3S/c1-18-11-13-21(14-12-18)33(31,32)29-24(19-7-3-2-4-8-19)15-25(30)28-27-17-20-16-26-23-10-6-5-9-22(20)23/h2-14,16-17,24,26,29H,15H2,1H3,(H,28,30)/b27-17-/t24-/m1/s1. The number of H-pyrrole nitrogens is 1. The van der Waals surface area contributed by atoms with Crippen molar-refractivity contribution in [3.05, 3.63) is 102 Å². The van der Waals surface area contributed by atoms with E-state index in [2.05, 4.69) is 20.2 Å². The van der Waals surface area contributed by atoms with Crippen molar-refractivity contribution >= 4 is 33.0 Å². The minimum absolute atomic E-state index is 0.111. The van der Waals surface area contributed by atoms with Gasteiger partial charge < -0.3 is 4.98 Å². The zero-order valence-corrected chi connectivity index (χ0v) is 18.8. The van der Waals surface area contributed by atoms with E-state index in [-0.39, 0.29) is 11.3 Å². The van der Waals surface area contributed by atoms with Crippen LogP contribution < -0.4 is 10.1 Å². The summed E-state index contributed by atoms with van der Waals surface area (Å²) >= 11 is 0. The number of sulfonamides is 1. The molecule has 4 aromatic rings. The molecule has 0 aliphatic heterocycles. The van der Waals surface area contributed by atoms with E-state index in [0.717, 1.165) is 22.0 Å². The summed E-state index contributed by atoms with van der Waals surface area (Å²) in [6.07, 6.45) is 3.26. The van der Waals surface area contributed by atoms with Crippen LogP contribution >= 0.6 is 0 Å². The molecule has 0 saturated heterocycles. The lowest BCUT2D eigenvalue weighted by atomic mass is 10.0. The Balaban J connectivity index is 1.48. The second kappa shape index (κ2) is 9.81. The van der Waals surface area contributed by atoms with Gasteiger partial charge in [0.05, 0.1) is 17.2 Å². The van der Waals surface area contributed by atoms with Crippen molar-refractivity contribution in [2.45, 2.75) is 24.3 Å². The summed E-state index contributed by atoms with van der Waals surface area (Å²) in [5.74, 6) is -0.411. The highest BCUT2D eigenvalue weighted by Crippen LogP contribution is 2.21. The maximum atomic E-state index is 12.9. The summed E-state index contributed by atoms with van der Waals surface area (Å²) < 4.78 is 28.5. The van der Waals surface area contributed by atoms with Crippen molar-refractivity contribution in [3.63, 3.8) is 0 Å². The maximum Gasteiger partial charge on any atom is 0.242 e. The largest absolute Gasteiger partial charge is 0.361 e. The van der Waals surface area contributed by atoms with E-state index < -0.39 is 22.0 Å².